The van der Waals surface area contributed by atoms with E-state index in [1.807, 2.05) is 43.3 Å². The topological polar surface area (TPSA) is 33.2 Å². The van der Waals surface area contributed by atoms with E-state index in [0.717, 1.165) is 20.2 Å². The number of carbonyl (C=O) groups is 1. The summed E-state index contributed by atoms with van der Waals surface area (Å²) < 4.78 is 1.11. The third-order valence-corrected chi connectivity index (χ3v) is 5.52. The normalized spacial score (nSPS) is 10.9. The lowest BCUT2D eigenvalue weighted by atomic mass is 10.2. The number of thiazole rings is 1. The molecule has 0 N–H and O–H groups in total. The highest BCUT2D eigenvalue weighted by atomic mass is 32.2. The lowest BCUT2D eigenvalue weighted by molar-refractivity contribution is -0.116. The summed E-state index contributed by atoms with van der Waals surface area (Å²) in [5.41, 5.74) is 2.16. The van der Waals surface area contributed by atoms with Gasteiger partial charge in [-0.25, -0.2) is 4.98 Å². The number of amides is 1. The van der Waals surface area contributed by atoms with Crippen molar-refractivity contribution in [2.24, 2.45) is 0 Å². The number of hydrogen-bond donors (Lipinski definition) is 0. The second kappa shape index (κ2) is 7.15. The zero-order chi connectivity index (χ0) is 16.2. The Kier molecular flexibility index (Phi) is 4.98. The summed E-state index contributed by atoms with van der Waals surface area (Å²) in [6, 6.07) is 16.2. The van der Waals surface area contributed by atoms with Gasteiger partial charge in [0.1, 0.15) is 0 Å². The third kappa shape index (κ3) is 3.74. The molecule has 3 aromatic rings. The second-order valence-corrected chi connectivity index (χ2v) is 7.27. The molecule has 3 nitrogen and oxygen atoms in total. The van der Waals surface area contributed by atoms with Crippen LogP contribution in [0.25, 0.3) is 10.2 Å². The Hall–Kier alpha value is -1.85. The maximum atomic E-state index is 12.6. The molecule has 118 valence electrons. The number of nitrogens with zero attached hydrogens (tertiary/aromatic N) is 2. The van der Waals surface area contributed by atoms with Gasteiger partial charge in [0.2, 0.25) is 5.91 Å². The molecule has 5 heteroatoms. The highest BCUT2D eigenvalue weighted by Crippen LogP contribution is 2.29. The van der Waals surface area contributed by atoms with Crippen LogP contribution >= 0.6 is 23.1 Å². The molecule has 0 spiro atoms. The molecule has 1 heterocycles. The van der Waals surface area contributed by atoms with Gasteiger partial charge in [0.15, 0.2) is 5.13 Å². The lowest BCUT2D eigenvalue weighted by Crippen LogP contribution is -2.32. The molecular formula is C18H18N2OS2. The molecule has 0 aliphatic carbocycles. The number of fused-ring (bicyclic) bond motifs is 1. The number of benzene rings is 2. The molecule has 0 saturated carbocycles. The summed E-state index contributed by atoms with van der Waals surface area (Å²) in [7, 11) is 0. The van der Waals surface area contributed by atoms with Crippen LogP contribution in [0, 0.1) is 6.92 Å². The van der Waals surface area contributed by atoms with E-state index < -0.39 is 0 Å². The van der Waals surface area contributed by atoms with Crippen molar-refractivity contribution in [1.82, 2.24) is 4.98 Å². The van der Waals surface area contributed by atoms with Crippen LogP contribution in [0.15, 0.2) is 53.4 Å². The SMILES string of the molecule is CCN(C(=O)CSc1cccc(C)c1)c1nc2ccccc2s1. The van der Waals surface area contributed by atoms with E-state index in [0.29, 0.717) is 12.3 Å². The van der Waals surface area contributed by atoms with Crippen LogP contribution in [-0.4, -0.2) is 23.2 Å². The monoisotopic (exact) mass is 342 g/mol. The van der Waals surface area contributed by atoms with Crippen LogP contribution in [0.5, 0.6) is 0 Å². The fourth-order valence-electron chi connectivity index (χ4n) is 2.32. The fourth-order valence-corrected chi connectivity index (χ4v) is 4.26. The van der Waals surface area contributed by atoms with Crippen molar-refractivity contribution < 1.29 is 4.79 Å². The van der Waals surface area contributed by atoms with E-state index >= 15 is 0 Å². The summed E-state index contributed by atoms with van der Waals surface area (Å²) in [6.07, 6.45) is 0. The predicted molar refractivity (Wildman–Crippen MR) is 99.6 cm³/mol. The van der Waals surface area contributed by atoms with E-state index in [2.05, 4.69) is 24.0 Å². The van der Waals surface area contributed by atoms with Crippen LogP contribution < -0.4 is 4.90 Å². The Morgan fingerprint density at radius 1 is 1.22 bits per heavy atom. The number of para-hydroxylation sites is 1. The molecule has 0 fully saturated rings. The third-order valence-electron chi connectivity index (χ3n) is 3.48. The number of aryl methyl sites for hydroxylation is 1. The van der Waals surface area contributed by atoms with Gasteiger partial charge in [-0.2, -0.15) is 0 Å². The average molecular weight is 342 g/mol. The fraction of sp³-hybridized carbons (Fsp3) is 0.222. The van der Waals surface area contributed by atoms with Crippen LogP contribution in [0.4, 0.5) is 5.13 Å². The van der Waals surface area contributed by atoms with E-state index in [-0.39, 0.29) is 5.91 Å². The Bertz CT molecular complexity index is 796. The summed E-state index contributed by atoms with van der Waals surface area (Å²) in [5, 5.41) is 0.781. The molecule has 0 aliphatic heterocycles. The molecule has 23 heavy (non-hydrogen) atoms. The summed E-state index contributed by atoms with van der Waals surface area (Å²) in [6.45, 7) is 4.68. The first-order valence-corrected chi connectivity index (χ1v) is 9.33. The van der Waals surface area contributed by atoms with Crippen molar-refractivity contribution in [2.45, 2.75) is 18.7 Å². The minimum absolute atomic E-state index is 0.0954. The predicted octanol–water partition coefficient (Wildman–Crippen LogP) is 4.75. The van der Waals surface area contributed by atoms with Crippen molar-refractivity contribution in [1.29, 1.82) is 0 Å². The van der Waals surface area contributed by atoms with Gasteiger partial charge in [-0.05, 0) is 38.1 Å². The van der Waals surface area contributed by atoms with Gasteiger partial charge in [-0.15, -0.1) is 11.8 Å². The highest BCUT2D eigenvalue weighted by Gasteiger charge is 2.18. The first kappa shape index (κ1) is 16.0. The number of thioether (sulfide) groups is 1. The minimum atomic E-state index is 0.0954. The van der Waals surface area contributed by atoms with E-state index in [1.54, 1.807) is 28.0 Å². The molecular weight excluding hydrogens is 324 g/mol. The van der Waals surface area contributed by atoms with Gasteiger partial charge < -0.3 is 0 Å². The van der Waals surface area contributed by atoms with Gasteiger partial charge >= 0.3 is 0 Å². The number of anilines is 1. The van der Waals surface area contributed by atoms with Crippen LogP contribution in [0.1, 0.15) is 12.5 Å². The van der Waals surface area contributed by atoms with Gasteiger partial charge in [-0.1, -0.05) is 41.2 Å². The van der Waals surface area contributed by atoms with Gasteiger partial charge in [0.25, 0.3) is 0 Å². The molecule has 0 radical (unpaired) electrons. The van der Waals surface area contributed by atoms with Crippen LogP contribution in [0.2, 0.25) is 0 Å². The lowest BCUT2D eigenvalue weighted by Gasteiger charge is -2.17. The van der Waals surface area contributed by atoms with Crippen LogP contribution in [0.3, 0.4) is 0 Å². The number of rotatable bonds is 5. The van der Waals surface area contributed by atoms with Crippen molar-refractivity contribution in [2.75, 3.05) is 17.2 Å². The quantitative estimate of drug-likeness (QED) is 0.627. The Morgan fingerprint density at radius 2 is 2.04 bits per heavy atom. The first-order chi connectivity index (χ1) is 11.2. The maximum Gasteiger partial charge on any atom is 0.239 e. The zero-order valence-electron chi connectivity index (χ0n) is 13.2. The average Bonchev–Trinajstić information content (AvgIpc) is 2.97. The molecule has 0 aliphatic rings. The number of aromatic nitrogens is 1. The van der Waals surface area contributed by atoms with Gasteiger partial charge in [-0.3, -0.25) is 9.69 Å². The highest BCUT2D eigenvalue weighted by molar-refractivity contribution is 8.00. The minimum Gasteiger partial charge on any atom is -0.288 e. The molecule has 0 atom stereocenters. The van der Waals surface area contributed by atoms with Crippen molar-refractivity contribution in [3.8, 4) is 0 Å². The molecule has 0 saturated heterocycles. The van der Waals surface area contributed by atoms with E-state index in [9.17, 15) is 4.79 Å². The molecule has 1 aromatic heterocycles. The molecule has 1 amide bonds. The smallest absolute Gasteiger partial charge is 0.239 e. The van der Waals surface area contributed by atoms with Crippen molar-refractivity contribution in [3.05, 3.63) is 54.1 Å². The molecule has 0 bridgehead atoms. The molecule has 2 aromatic carbocycles. The van der Waals surface area contributed by atoms with Gasteiger partial charge in [0.05, 0.1) is 16.0 Å². The molecule has 3 rings (SSSR count). The summed E-state index contributed by atoms with van der Waals surface area (Å²) >= 11 is 3.14. The van der Waals surface area contributed by atoms with E-state index in [1.165, 1.54) is 5.56 Å². The Labute approximate surface area is 144 Å². The van der Waals surface area contributed by atoms with Crippen LogP contribution in [-0.2, 0) is 4.79 Å². The summed E-state index contributed by atoms with van der Waals surface area (Å²) in [5.74, 6) is 0.519. The first-order valence-electron chi connectivity index (χ1n) is 7.53. The summed E-state index contributed by atoms with van der Waals surface area (Å²) in [4.78, 5) is 20.1. The number of carbonyl (C=O) groups excluding carboxylic acids is 1. The second-order valence-electron chi connectivity index (χ2n) is 5.21. The largest absolute Gasteiger partial charge is 0.288 e. The molecule has 0 unspecified atom stereocenters. The van der Waals surface area contributed by atoms with Crippen molar-refractivity contribution in [3.63, 3.8) is 0 Å². The maximum absolute atomic E-state index is 12.6. The zero-order valence-corrected chi connectivity index (χ0v) is 14.8. The standard InChI is InChI=1S/C18H18N2OS2/c1-3-20(18-19-15-9-4-5-10-16(15)23-18)17(21)12-22-14-8-6-7-13(2)11-14/h4-11H,3,12H2,1-2H3. The van der Waals surface area contributed by atoms with Crippen molar-refractivity contribution >= 4 is 44.4 Å². The Morgan fingerprint density at radius 3 is 2.78 bits per heavy atom. The number of hydrogen-bond acceptors (Lipinski definition) is 4. The van der Waals surface area contributed by atoms with E-state index in [4.69, 9.17) is 0 Å². The Balaban J connectivity index is 1.73. The van der Waals surface area contributed by atoms with Gasteiger partial charge in [0, 0.05) is 11.4 Å².